The molecule has 162 valence electrons. The largest absolute Gasteiger partial charge is 0.344 e. The fraction of sp³-hybridized carbons (Fsp3) is 0.240. The van der Waals surface area contributed by atoms with E-state index in [0.717, 1.165) is 34.1 Å². The van der Waals surface area contributed by atoms with E-state index in [1.165, 1.54) is 4.31 Å². The Labute approximate surface area is 184 Å². The average molecular weight is 437 g/mol. The molecule has 1 N–H and O–H groups in total. The quantitative estimate of drug-likeness (QED) is 0.581. The molecule has 31 heavy (non-hydrogen) atoms. The van der Waals surface area contributed by atoms with Gasteiger partial charge in [-0.1, -0.05) is 84.4 Å². The summed E-state index contributed by atoms with van der Waals surface area (Å²) in [5.74, 6) is -0.352. The van der Waals surface area contributed by atoms with Crippen LogP contribution in [0.2, 0.25) is 0 Å². The number of aryl methyl sites for hydroxylation is 2. The van der Waals surface area contributed by atoms with E-state index in [-0.39, 0.29) is 25.0 Å². The van der Waals surface area contributed by atoms with Gasteiger partial charge in [-0.25, -0.2) is 8.42 Å². The van der Waals surface area contributed by atoms with E-state index in [4.69, 9.17) is 0 Å². The van der Waals surface area contributed by atoms with E-state index in [0.29, 0.717) is 0 Å². The Kier molecular flexibility index (Phi) is 7.25. The van der Waals surface area contributed by atoms with Gasteiger partial charge in [0.2, 0.25) is 15.9 Å². The summed E-state index contributed by atoms with van der Waals surface area (Å²) >= 11 is 0. The van der Waals surface area contributed by atoms with Gasteiger partial charge in [-0.05, 0) is 36.1 Å². The van der Waals surface area contributed by atoms with Crippen LogP contribution in [0.4, 0.5) is 0 Å². The molecule has 0 unspecified atom stereocenters. The molecule has 1 atom stereocenters. The molecule has 0 spiro atoms. The zero-order valence-electron chi connectivity index (χ0n) is 18.1. The van der Waals surface area contributed by atoms with Crippen molar-refractivity contribution in [2.75, 3.05) is 12.8 Å². The van der Waals surface area contributed by atoms with Crippen molar-refractivity contribution in [2.45, 2.75) is 26.4 Å². The number of nitrogens with one attached hydrogen (secondary N) is 1. The number of hydrogen-bond acceptors (Lipinski definition) is 3. The Morgan fingerprint density at radius 1 is 0.935 bits per heavy atom. The third-order valence-corrected chi connectivity index (χ3v) is 6.36. The number of benzene rings is 3. The monoisotopic (exact) mass is 436 g/mol. The van der Waals surface area contributed by atoms with Crippen LogP contribution in [-0.4, -0.2) is 31.4 Å². The van der Waals surface area contributed by atoms with E-state index in [9.17, 15) is 13.2 Å². The van der Waals surface area contributed by atoms with Crippen LogP contribution in [0.3, 0.4) is 0 Å². The molecule has 6 heteroatoms. The van der Waals surface area contributed by atoms with Crippen LogP contribution >= 0.6 is 0 Å². The molecule has 0 aliphatic rings. The maximum Gasteiger partial charge on any atom is 0.236 e. The SMILES string of the molecule is Cc1ccc([C@@H](NC(=O)CN(Cc2ccccc2)S(C)(=O)=O)c2ccccc2)c(C)c1. The fourth-order valence-electron chi connectivity index (χ4n) is 3.58. The Balaban J connectivity index is 1.85. The van der Waals surface area contributed by atoms with Crippen LogP contribution in [0.25, 0.3) is 0 Å². The Morgan fingerprint density at radius 2 is 1.55 bits per heavy atom. The Morgan fingerprint density at radius 3 is 2.13 bits per heavy atom. The molecule has 3 aromatic carbocycles. The molecule has 5 nitrogen and oxygen atoms in total. The lowest BCUT2D eigenvalue weighted by Gasteiger charge is -2.25. The van der Waals surface area contributed by atoms with Gasteiger partial charge in [0.1, 0.15) is 0 Å². The van der Waals surface area contributed by atoms with Crippen molar-refractivity contribution in [1.82, 2.24) is 9.62 Å². The molecule has 0 aliphatic heterocycles. The highest BCUT2D eigenvalue weighted by atomic mass is 32.2. The third-order valence-electron chi connectivity index (χ3n) is 5.17. The Hall–Kier alpha value is -2.96. The standard InChI is InChI=1S/C25H28N2O3S/c1-19-14-15-23(20(2)16-19)25(22-12-8-5-9-13-22)26-24(28)18-27(31(3,29)30)17-21-10-6-4-7-11-21/h4-16,25H,17-18H2,1-3H3,(H,26,28)/t25-/m0/s1. The second kappa shape index (κ2) is 9.90. The molecule has 3 rings (SSSR count). The predicted molar refractivity (Wildman–Crippen MR) is 124 cm³/mol. The summed E-state index contributed by atoms with van der Waals surface area (Å²) in [5, 5.41) is 3.05. The molecule has 0 bridgehead atoms. The van der Waals surface area contributed by atoms with Crippen molar-refractivity contribution in [1.29, 1.82) is 0 Å². The first-order chi connectivity index (χ1) is 14.7. The fourth-order valence-corrected chi connectivity index (χ4v) is 4.32. The molecule has 0 heterocycles. The highest BCUT2D eigenvalue weighted by Gasteiger charge is 2.24. The minimum atomic E-state index is -3.56. The number of nitrogens with zero attached hydrogens (tertiary/aromatic N) is 1. The van der Waals surface area contributed by atoms with Crippen LogP contribution in [0.15, 0.2) is 78.9 Å². The molecule has 0 fully saturated rings. The summed E-state index contributed by atoms with van der Waals surface area (Å²) < 4.78 is 25.9. The van der Waals surface area contributed by atoms with Crippen LogP contribution in [0.1, 0.15) is 33.9 Å². The normalized spacial score (nSPS) is 12.5. The zero-order chi connectivity index (χ0) is 22.4. The maximum atomic E-state index is 13.0. The molecular weight excluding hydrogens is 408 g/mol. The lowest BCUT2D eigenvalue weighted by atomic mass is 9.94. The van der Waals surface area contributed by atoms with Crippen molar-refractivity contribution in [3.8, 4) is 0 Å². The highest BCUT2D eigenvalue weighted by molar-refractivity contribution is 7.88. The number of carbonyl (C=O) groups excluding carboxylic acids is 1. The van der Waals surface area contributed by atoms with Gasteiger partial charge in [0, 0.05) is 6.54 Å². The van der Waals surface area contributed by atoms with Gasteiger partial charge >= 0.3 is 0 Å². The first-order valence-corrected chi connectivity index (χ1v) is 12.0. The molecule has 0 aliphatic carbocycles. The summed E-state index contributed by atoms with van der Waals surface area (Å²) in [6, 6.07) is 24.7. The van der Waals surface area contributed by atoms with E-state index >= 15 is 0 Å². The maximum absolute atomic E-state index is 13.0. The van der Waals surface area contributed by atoms with Crippen molar-refractivity contribution < 1.29 is 13.2 Å². The lowest BCUT2D eigenvalue weighted by molar-refractivity contribution is -0.121. The van der Waals surface area contributed by atoms with Gasteiger partial charge < -0.3 is 5.32 Å². The van der Waals surface area contributed by atoms with Crippen molar-refractivity contribution in [2.24, 2.45) is 0 Å². The Bertz CT molecular complexity index is 1130. The van der Waals surface area contributed by atoms with Crippen LogP contribution < -0.4 is 5.32 Å². The molecule has 0 saturated carbocycles. The predicted octanol–water partition coefficient (Wildman–Crippen LogP) is 3.97. The minimum absolute atomic E-state index is 0.145. The second-order valence-electron chi connectivity index (χ2n) is 7.79. The molecule has 1 amide bonds. The van der Waals surface area contributed by atoms with Gasteiger partial charge in [-0.2, -0.15) is 4.31 Å². The third kappa shape index (κ3) is 6.26. The minimum Gasteiger partial charge on any atom is -0.344 e. The lowest BCUT2D eigenvalue weighted by Crippen LogP contribution is -2.41. The number of amides is 1. The molecule has 0 aromatic heterocycles. The highest BCUT2D eigenvalue weighted by Crippen LogP contribution is 2.26. The number of carbonyl (C=O) groups is 1. The van der Waals surface area contributed by atoms with Gasteiger partial charge in [-0.3, -0.25) is 4.79 Å². The summed E-state index contributed by atoms with van der Waals surface area (Å²) in [7, 11) is -3.56. The average Bonchev–Trinajstić information content (AvgIpc) is 2.73. The summed E-state index contributed by atoms with van der Waals surface area (Å²) in [4.78, 5) is 13.0. The van der Waals surface area contributed by atoms with Crippen molar-refractivity contribution in [3.05, 3.63) is 107 Å². The van der Waals surface area contributed by atoms with Gasteiger partial charge in [0.05, 0.1) is 18.8 Å². The number of sulfonamides is 1. The zero-order valence-corrected chi connectivity index (χ0v) is 18.9. The molecular formula is C25H28N2O3S. The van der Waals surface area contributed by atoms with Crippen molar-refractivity contribution in [3.63, 3.8) is 0 Å². The van der Waals surface area contributed by atoms with Crippen LogP contribution in [0, 0.1) is 13.8 Å². The first kappa shape index (κ1) is 22.7. The summed E-state index contributed by atoms with van der Waals surface area (Å²) in [6.45, 7) is 3.94. The van der Waals surface area contributed by atoms with E-state index < -0.39 is 10.0 Å². The second-order valence-corrected chi connectivity index (χ2v) is 9.77. The van der Waals surface area contributed by atoms with Crippen molar-refractivity contribution >= 4 is 15.9 Å². The van der Waals surface area contributed by atoms with E-state index in [1.807, 2.05) is 86.6 Å². The van der Waals surface area contributed by atoms with Gasteiger partial charge in [0.15, 0.2) is 0 Å². The van der Waals surface area contributed by atoms with E-state index in [1.54, 1.807) is 0 Å². The smallest absolute Gasteiger partial charge is 0.236 e. The molecule has 0 saturated heterocycles. The topological polar surface area (TPSA) is 66.5 Å². The first-order valence-electron chi connectivity index (χ1n) is 10.1. The molecule has 3 aromatic rings. The summed E-state index contributed by atoms with van der Waals surface area (Å²) in [6.07, 6.45) is 1.13. The van der Waals surface area contributed by atoms with E-state index in [2.05, 4.69) is 11.4 Å². The number of hydrogen-bond donors (Lipinski definition) is 1. The van der Waals surface area contributed by atoms with Crippen LogP contribution in [0.5, 0.6) is 0 Å². The number of rotatable bonds is 8. The molecule has 0 radical (unpaired) electrons. The van der Waals surface area contributed by atoms with Gasteiger partial charge in [-0.15, -0.1) is 0 Å². The van der Waals surface area contributed by atoms with Gasteiger partial charge in [0.25, 0.3) is 0 Å². The summed E-state index contributed by atoms with van der Waals surface area (Å²) in [5.41, 5.74) is 4.97. The van der Waals surface area contributed by atoms with Crippen LogP contribution in [-0.2, 0) is 21.4 Å².